The van der Waals surface area contributed by atoms with Crippen LogP contribution in [0.2, 0.25) is 0 Å². The van der Waals surface area contributed by atoms with Crippen LogP contribution < -0.4 is 20.5 Å². The Labute approximate surface area is 163 Å². The Kier molecular flexibility index (Phi) is 14.6. The second-order valence-electron chi connectivity index (χ2n) is 5.37. The first-order valence-corrected chi connectivity index (χ1v) is 8.09. The van der Waals surface area contributed by atoms with E-state index in [9.17, 15) is 4.79 Å². The first-order chi connectivity index (χ1) is 11.0. The maximum absolute atomic E-state index is 11.9. The van der Waals surface area contributed by atoms with Crippen LogP contribution in [0, 0.1) is 5.92 Å². The zero-order valence-corrected chi connectivity index (χ0v) is 17.0. The molecule has 0 saturated heterocycles. The average Bonchev–Trinajstić information content (AvgIpc) is 2.58. The maximum Gasteiger partial charge on any atom is 0.228 e. The van der Waals surface area contributed by atoms with E-state index in [1.165, 1.54) is 0 Å². The van der Waals surface area contributed by atoms with Crippen molar-refractivity contribution in [1.82, 2.24) is 4.90 Å². The van der Waals surface area contributed by atoms with Gasteiger partial charge < -0.3 is 25.4 Å². The number of nitrogens with one attached hydrogen (secondary N) is 1. The van der Waals surface area contributed by atoms with Crippen molar-refractivity contribution in [2.75, 3.05) is 45.2 Å². The lowest BCUT2D eigenvalue weighted by Gasteiger charge is -2.19. The normalized spacial score (nSPS) is 11.1. The highest BCUT2D eigenvalue weighted by Crippen LogP contribution is 2.30. The van der Waals surface area contributed by atoms with Crippen LogP contribution in [0.4, 0.5) is 5.69 Å². The number of rotatable bonds is 10. The van der Waals surface area contributed by atoms with Crippen molar-refractivity contribution in [2.24, 2.45) is 11.7 Å². The molecule has 1 unspecified atom stereocenters. The molecule has 0 saturated carbocycles. The average molecular weight is 396 g/mol. The summed E-state index contributed by atoms with van der Waals surface area (Å²) in [6.45, 7) is 9.74. The van der Waals surface area contributed by atoms with Gasteiger partial charge in [0.15, 0.2) is 11.5 Å². The summed E-state index contributed by atoms with van der Waals surface area (Å²) in [4.78, 5) is 14.2. The summed E-state index contributed by atoms with van der Waals surface area (Å²) < 4.78 is 11.1. The maximum atomic E-state index is 11.9. The number of likely N-dealkylation sites (N-methyl/N-ethyl adjacent to an activating group) is 1. The van der Waals surface area contributed by atoms with Gasteiger partial charge in [0.2, 0.25) is 5.91 Å². The van der Waals surface area contributed by atoms with Crippen LogP contribution in [0.3, 0.4) is 0 Å². The predicted molar refractivity (Wildman–Crippen MR) is 108 cm³/mol. The van der Waals surface area contributed by atoms with E-state index in [0.717, 1.165) is 19.6 Å². The van der Waals surface area contributed by atoms with Crippen molar-refractivity contribution in [3.05, 3.63) is 18.2 Å². The van der Waals surface area contributed by atoms with Gasteiger partial charge in [0, 0.05) is 30.8 Å². The molecular formula is C17H31Cl2N3O3. The quantitative estimate of drug-likeness (QED) is 0.636. The van der Waals surface area contributed by atoms with Crippen LogP contribution in [-0.2, 0) is 4.79 Å². The van der Waals surface area contributed by atoms with Gasteiger partial charge in [-0.1, -0.05) is 20.8 Å². The Morgan fingerprint density at radius 1 is 1.24 bits per heavy atom. The number of methoxy groups -OCH3 is 1. The number of halogens is 2. The van der Waals surface area contributed by atoms with E-state index < -0.39 is 0 Å². The topological polar surface area (TPSA) is 76.8 Å². The molecule has 6 nitrogen and oxygen atoms in total. The Morgan fingerprint density at radius 3 is 2.40 bits per heavy atom. The standard InChI is InChI=1S/C17H29N3O3.2ClH/c1-5-20(6-2)9-10-23-16-11-14(7-8-15(16)22-4)19-17(21)13(3)12-18;;/h7-8,11,13H,5-6,9-10,12,18H2,1-4H3,(H,19,21);2*1H. The van der Waals surface area contributed by atoms with Crippen molar-refractivity contribution in [3.63, 3.8) is 0 Å². The third-order valence-corrected chi connectivity index (χ3v) is 3.79. The highest BCUT2D eigenvalue weighted by molar-refractivity contribution is 5.92. The van der Waals surface area contributed by atoms with E-state index in [0.29, 0.717) is 30.3 Å². The molecule has 0 spiro atoms. The fraction of sp³-hybridized carbons (Fsp3) is 0.588. The first-order valence-electron chi connectivity index (χ1n) is 8.09. The molecule has 0 bridgehead atoms. The van der Waals surface area contributed by atoms with E-state index in [-0.39, 0.29) is 36.6 Å². The van der Waals surface area contributed by atoms with E-state index in [1.54, 1.807) is 32.2 Å². The number of nitrogens with two attached hydrogens (primary N) is 1. The van der Waals surface area contributed by atoms with Crippen molar-refractivity contribution in [3.8, 4) is 11.5 Å². The third-order valence-electron chi connectivity index (χ3n) is 3.79. The van der Waals surface area contributed by atoms with Crippen molar-refractivity contribution in [1.29, 1.82) is 0 Å². The van der Waals surface area contributed by atoms with Crippen LogP contribution in [0.15, 0.2) is 18.2 Å². The van der Waals surface area contributed by atoms with Gasteiger partial charge in [0.05, 0.1) is 7.11 Å². The fourth-order valence-corrected chi connectivity index (χ4v) is 2.06. The molecular weight excluding hydrogens is 365 g/mol. The molecule has 0 fully saturated rings. The molecule has 0 radical (unpaired) electrons. The molecule has 0 aliphatic carbocycles. The van der Waals surface area contributed by atoms with Gasteiger partial charge in [-0.2, -0.15) is 0 Å². The van der Waals surface area contributed by atoms with Crippen LogP contribution in [-0.4, -0.2) is 50.7 Å². The second-order valence-corrected chi connectivity index (χ2v) is 5.37. The van der Waals surface area contributed by atoms with Crippen LogP contribution in [0.5, 0.6) is 11.5 Å². The minimum Gasteiger partial charge on any atom is -0.493 e. The number of carbonyl (C=O) groups excluding carboxylic acids is 1. The number of ether oxygens (including phenoxy) is 2. The van der Waals surface area contributed by atoms with Crippen molar-refractivity contribution < 1.29 is 14.3 Å². The highest BCUT2D eigenvalue weighted by Gasteiger charge is 2.13. The van der Waals surface area contributed by atoms with Gasteiger partial charge in [-0.3, -0.25) is 4.79 Å². The Bertz CT molecular complexity index is 500. The number of amides is 1. The van der Waals surface area contributed by atoms with Crippen LogP contribution >= 0.6 is 24.8 Å². The van der Waals surface area contributed by atoms with Gasteiger partial charge in [0.1, 0.15) is 6.61 Å². The van der Waals surface area contributed by atoms with Gasteiger partial charge >= 0.3 is 0 Å². The molecule has 0 heterocycles. The summed E-state index contributed by atoms with van der Waals surface area (Å²) in [7, 11) is 1.60. The number of nitrogens with zero attached hydrogens (tertiary/aromatic N) is 1. The Morgan fingerprint density at radius 2 is 1.88 bits per heavy atom. The minimum atomic E-state index is -0.232. The first kappa shape index (κ1) is 26.0. The summed E-state index contributed by atoms with van der Waals surface area (Å²) in [6, 6.07) is 5.36. The van der Waals surface area contributed by atoms with Gasteiger partial charge in [-0.15, -0.1) is 24.8 Å². The highest BCUT2D eigenvalue weighted by atomic mass is 35.5. The molecule has 0 aromatic heterocycles. The Hall–Kier alpha value is -1.21. The minimum absolute atomic E-state index is 0. The van der Waals surface area contributed by atoms with Gasteiger partial charge in [-0.25, -0.2) is 0 Å². The number of benzene rings is 1. The van der Waals surface area contributed by atoms with Crippen LogP contribution in [0.1, 0.15) is 20.8 Å². The van der Waals surface area contributed by atoms with E-state index in [2.05, 4.69) is 24.1 Å². The summed E-state index contributed by atoms with van der Waals surface area (Å²) in [5.74, 6) is 0.933. The lowest BCUT2D eigenvalue weighted by molar-refractivity contribution is -0.119. The number of hydrogen-bond acceptors (Lipinski definition) is 5. The molecule has 146 valence electrons. The van der Waals surface area contributed by atoms with Gasteiger partial charge in [0.25, 0.3) is 0 Å². The molecule has 0 aliphatic heterocycles. The lowest BCUT2D eigenvalue weighted by atomic mass is 10.1. The molecule has 1 atom stereocenters. The number of anilines is 1. The monoisotopic (exact) mass is 395 g/mol. The summed E-state index contributed by atoms with van der Waals surface area (Å²) >= 11 is 0. The van der Waals surface area contributed by atoms with Crippen molar-refractivity contribution >= 4 is 36.4 Å². The van der Waals surface area contributed by atoms with E-state index in [1.807, 2.05) is 0 Å². The molecule has 1 rings (SSSR count). The summed E-state index contributed by atoms with van der Waals surface area (Å²) in [6.07, 6.45) is 0. The van der Waals surface area contributed by atoms with E-state index in [4.69, 9.17) is 15.2 Å². The molecule has 8 heteroatoms. The predicted octanol–water partition coefficient (Wildman–Crippen LogP) is 2.79. The molecule has 1 amide bonds. The van der Waals surface area contributed by atoms with E-state index >= 15 is 0 Å². The zero-order valence-electron chi connectivity index (χ0n) is 15.4. The lowest BCUT2D eigenvalue weighted by Crippen LogP contribution is -2.28. The molecule has 1 aromatic carbocycles. The molecule has 0 aliphatic rings. The summed E-state index contributed by atoms with van der Waals surface area (Å²) in [5.41, 5.74) is 6.19. The summed E-state index contributed by atoms with van der Waals surface area (Å²) in [5, 5.41) is 2.84. The smallest absolute Gasteiger partial charge is 0.228 e. The molecule has 1 aromatic rings. The zero-order chi connectivity index (χ0) is 17.2. The van der Waals surface area contributed by atoms with Crippen LogP contribution in [0.25, 0.3) is 0 Å². The van der Waals surface area contributed by atoms with Crippen molar-refractivity contribution in [2.45, 2.75) is 20.8 Å². The molecule has 3 N–H and O–H groups in total. The number of carbonyl (C=O) groups is 1. The number of hydrogen-bond donors (Lipinski definition) is 2. The largest absolute Gasteiger partial charge is 0.493 e. The third kappa shape index (κ3) is 8.63. The SMILES string of the molecule is CCN(CC)CCOc1cc(NC(=O)C(C)CN)ccc1OC.Cl.Cl. The molecule has 25 heavy (non-hydrogen) atoms. The second kappa shape index (κ2) is 14.0. The fourth-order valence-electron chi connectivity index (χ4n) is 2.06. The Balaban J connectivity index is 0. The van der Waals surface area contributed by atoms with Gasteiger partial charge in [-0.05, 0) is 25.2 Å².